The van der Waals surface area contributed by atoms with Gasteiger partial charge in [0.25, 0.3) is 5.91 Å². The summed E-state index contributed by atoms with van der Waals surface area (Å²) in [5.41, 5.74) is 9.04. The summed E-state index contributed by atoms with van der Waals surface area (Å²) in [4.78, 5) is 12.4. The number of amides is 1. The van der Waals surface area contributed by atoms with Crippen molar-refractivity contribution in [3.05, 3.63) is 63.6 Å². The van der Waals surface area contributed by atoms with Gasteiger partial charge in [-0.25, -0.2) is 0 Å². The van der Waals surface area contributed by atoms with Crippen LogP contribution in [-0.4, -0.2) is 5.91 Å². The fourth-order valence-electron chi connectivity index (χ4n) is 2.22. The maximum Gasteiger partial charge on any atom is 0.253 e. The van der Waals surface area contributed by atoms with Crippen LogP contribution < -0.4 is 11.1 Å². The van der Waals surface area contributed by atoms with E-state index in [-0.39, 0.29) is 11.9 Å². The molecule has 0 aromatic heterocycles. The van der Waals surface area contributed by atoms with Gasteiger partial charge < -0.3 is 11.1 Å². The first kappa shape index (κ1) is 15.6. The van der Waals surface area contributed by atoms with E-state index in [1.165, 1.54) is 0 Å². The molecule has 0 spiro atoms. The molecule has 110 valence electrons. The minimum absolute atomic E-state index is 0.0227. The molecule has 3 N–H and O–H groups in total. The molecule has 0 aliphatic heterocycles. The molecule has 2 aromatic carbocycles. The average molecular weight is 347 g/mol. The number of nitrogens with one attached hydrogen (secondary N) is 1. The lowest BCUT2D eigenvalue weighted by atomic mass is 10.0. The van der Waals surface area contributed by atoms with E-state index in [9.17, 15) is 4.79 Å². The van der Waals surface area contributed by atoms with Gasteiger partial charge in [-0.3, -0.25) is 4.79 Å². The lowest BCUT2D eigenvalue weighted by Gasteiger charge is -2.18. The molecular weight excluding hydrogens is 328 g/mol. The van der Waals surface area contributed by atoms with E-state index in [0.717, 1.165) is 22.0 Å². The number of benzene rings is 2. The predicted molar refractivity (Wildman–Crippen MR) is 90.2 cm³/mol. The minimum Gasteiger partial charge on any atom is -0.398 e. The maximum atomic E-state index is 12.4. The lowest BCUT2D eigenvalue weighted by molar-refractivity contribution is 0.0936. The van der Waals surface area contributed by atoms with Crippen LogP contribution in [0.5, 0.6) is 0 Å². The third-order valence-corrected chi connectivity index (χ3v) is 3.97. The lowest BCUT2D eigenvalue weighted by Crippen LogP contribution is -2.28. The van der Waals surface area contributed by atoms with Crippen LogP contribution in [0.4, 0.5) is 5.69 Å². The molecule has 1 atom stereocenters. The van der Waals surface area contributed by atoms with Gasteiger partial charge in [0.1, 0.15) is 0 Å². The van der Waals surface area contributed by atoms with Crippen molar-refractivity contribution in [2.75, 3.05) is 5.73 Å². The number of carbonyl (C=O) groups is 1. The Kier molecular flexibility index (Phi) is 5.02. The molecule has 2 aromatic rings. The van der Waals surface area contributed by atoms with E-state index >= 15 is 0 Å². The van der Waals surface area contributed by atoms with Crippen molar-refractivity contribution in [2.45, 2.75) is 26.3 Å². The number of nitrogen functional groups attached to an aromatic ring is 1. The largest absolute Gasteiger partial charge is 0.398 e. The summed E-state index contributed by atoms with van der Waals surface area (Å²) in [7, 11) is 0. The molecule has 2 rings (SSSR count). The fourth-order valence-corrected chi connectivity index (χ4v) is 2.48. The Hall–Kier alpha value is -1.81. The van der Waals surface area contributed by atoms with Crippen LogP contribution in [0.1, 0.15) is 40.9 Å². The predicted octanol–water partition coefficient (Wildman–Crippen LogP) is 4.22. The Labute approximate surface area is 133 Å². The molecule has 0 fully saturated rings. The van der Waals surface area contributed by atoms with Crippen molar-refractivity contribution in [3.63, 3.8) is 0 Å². The Morgan fingerprint density at radius 2 is 1.90 bits per heavy atom. The van der Waals surface area contributed by atoms with Crippen LogP contribution in [0.25, 0.3) is 0 Å². The smallest absolute Gasteiger partial charge is 0.253 e. The van der Waals surface area contributed by atoms with Gasteiger partial charge in [-0.05, 0) is 43.2 Å². The van der Waals surface area contributed by atoms with Crippen molar-refractivity contribution in [2.24, 2.45) is 0 Å². The molecule has 0 saturated carbocycles. The van der Waals surface area contributed by atoms with Gasteiger partial charge in [0.2, 0.25) is 0 Å². The molecule has 0 bridgehead atoms. The maximum absolute atomic E-state index is 12.4. The van der Waals surface area contributed by atoms with Gasteiger partial charge in [-0.15, -0.1) is 0 Å². The quantitative estimate of drug-likeness (QED) is 0.814. The van der Waals surface area contributed by atoms with E-state index in [2.05, 4.69) is 21.2 Å². The molecule has 4 heteroatoms. The minimum atomic E-state index is -0.133. The second-order valence-electron chi connectivity index (χ2n) is 5.08. The van der Waals surface area contributed by atoms with E-state index in [1.54, 1.807) is 6.07 Å². The van der Waals surface area contributed by atoms with Crippen LogP contribution in [0.3, 0.4) is 0 Å². The van der Waals surface area contributed by atoms with Crippen molar-refractivity contribution in [1.29, 1.82) is 0 Å². The third-order valence-electron chi connectivity index (χ3n) is 3.44. The first-order chi connectivity index (χ1) is 10.0. The number of aryl methyl sites for hydroxylation is 1. The van der Waals surface area contributed by atoms with E-state index in [1.807, 2.05) is 50.2 Å². The fraction of sp³-hybridized carbons (Fsp3) is 0.235. The summed E-state index contributed by atoms with van der Waals surface area (Å²) in [6.45, 7) is 3.99. The summed E-state index contributed by atoms with van der Waals surface area (Å²) >= 11 is 3.42. The molecule has 0 heterocycles. The van der Waals surface area contributed by atoms with E-state index in [4.69, 9.17) is 5.73 Å². The topological polar surface area (TPSA) is 55.1 Å². The summed E-state index contributed by atoms with van der Waals surface area (Å²) in [6, 6.07) is 13.4. The van der Waals surface area contributed by atoms with Gasteiger partial charge in [0, 0.05) is 10.2 Å². The van der Waals surface area contributed by atoms with Crippen molar-refractivity contribution in [3.8, 4) is 0 Å². The first-order valence-corrected chi connectivity index (χ1v) is 7.73. The summed E-state index contributed by atoms with van der Waals surface area (Å²) < 4.78 is 1.02. The Morgan fingerprint density at radius 1 is 1.24 bits per heavy atom. The second-order valence-corrected chi connectivity index (χ2v) is 5.99. The highest BCUT2D eigenvalue weighted by molar-refractivity contribution is 9.10. The molecule has 3 nitrogen and oxygen atoms in total. The van der Waals surface area contributed by atoms with Crippen molar-refractivity contribution >= 4 is 27.5 Å². The molecule has 1 unspecified atom stereocenters. The normalized spacial score (nSPS) is 12.0. The van der Waals surface area contributed by atoms with Crippen LogP contribution in [0.15, 0.2) is 46.9 Å². The van der Waals surface area contributed by atoms with Gasteiger partial charge in [-0.2, -0.15) is 0 Å². The Bertz CT molecular complexity index is 638. The average Bonchev–Trinajstić information content (AvgIpc) is 2.48. The highest BCUT2D eigenvalue weighted by Gasteiger charge is 2.16. The van der Waals surface area contributed by atoms with Gasteiger partial charge in [-0.1, -0.05) is 46.6 Å². The molecular formula is C17H19BrN2O. The zero-order valence-corrected chi connectivity index (χ0v) is 13.8. The van der Waals surface area contributed by atoms with Crippen molar-refractivity contribution in [1.82, 2.24) is 5.32 Å². The van der Waals surface area contributed by atoms with Gasteiger partial charge in [0.05, 0.1) is 11.6 Å². The number of nitrogens with two attached hydrogens (primary N) is 1. The third kappa shape index (κ3) is 3.85. The van der Waals surface area contributed by atoms with Crippen molar-refractivity contribution < 1.29 is 4.79 Å². The van der Waals surface area contributed by atoms with Gasteiger partial charge >= 0.3 is 0 Å². The summed E-state index contributed by atoms with van der Waals surface area (Å²) in [5, 5.41) is 3.05. The number of anilines is 1. The first-order valence-electron chi connectivity index (χ1n) is 6.93. The van der Waals surface area contributed by atoms with Crippen LogP contribution >= 0.6 is 15.9 Å². The molecule has 0 saturated heterocycles. The summed E-state index contributed by atoms with van der Waals surface area (Å²) in [5.74, 6) is -0.133. The number of carbonyl (C=O) groups excluding carboxylic acids is 1. The summed E-state index contributed by atoms with van der Waals surface area (Å²) in [6.07, 6.45) is 0.819. The SMILES string of the molecule is CCC(NC(=O)c1cc(C)ccc1N)c1ccc(Br)cc1. The Balaban J connectivity index is 2.20. The zero-order chi connectivity index (χ0) is 15.4. The molecule has 0 aliphatic carbocycles. The van der Waals surface area contributed by atoms with Crippen LogP contribution in [0, 0.1) is 6.92 Å². The van der Waals surface area contributed by atoms with Gasteiger partial charge in [0.15, 0.2) is 0 Å². The monoisotopic (exact) mass is 346 g/mol. The van der Waals surface area contributed by atoms with Crippen LogP contribution in [0.2, 0.25) is 0 Å². The number of hydrogen-bond acceptors (Lipinski definition) is 2. The zero-order valence-electron chi connectivity index (χ0n) is 12.2. The second kappa shape index (κ2) is 6.76. The number of rotatable bonds is 4. The Morgan fingerprint density at radius 3 is 2.52 bits per heavy atom. The van der Waals surface area contributed by atoms with Crippen LogP contribution in [-0.2, 0) is 0 Å². The highest BCUT2D eigenvalue weighted by Crippen LogP contribution is 2.21. The number of halogens is 1. The molecule has 1 amide bonds. The van der Waals surface area contributed by atoms with E-state index in [0.29, 0.717) is 11.3 Å². The highest BCUT2D eigenvalue weighted by atomic mass is 79.9. The molecule has 0 aliphatic rings. The number of hydrogen-bond donors (Lipinski definition) is 2. The standard InChI is InChI=1S/C17H19BrN2O/c1-3-16(12-5-7-13(18)8-6-12)20-17(21)14-10-11(2)4-9-15(14)19/h4-10,16H,3,19H2,1-2H3,(H,20,21). The molecule has 0 radical (unpaired) electrons. The molecule has 21 heavy (non-hydrogen) atoms. The van der Waals surface area contributed by atoms with E-state index < -0.39 is 0 Å².